The van der Waals surface area contributed by atoms with Gasteiger partial charge in [0.05, 0.1) is 13.2 Å². The first-order valence-electron chi connectivity index (χ1n) is 6.41. The number of rotatable bonds is 4. The Morgan fingerprint density at radius 3 is 2.57 bits per heavy atom. The molecule has 0 spiro atoms. The highest BCUT2D eigenvalue weighted by Crippen LogP contribution is 2.18. The van der Waals surface area contributed by atoms with Crippen LogP contribution in [0.2, 0.25) is 0 Å². The molecular weight excluding hydrogens is 276 g/mol. The molecule has 0 heterocycles. The third kappa shape index (κ3) is 3.56. The van der Waals surface area contributed by atoms with Crippen molar-refractivity contribution in [2.45, 2.75) is 13.0 Å². The van der Waals surface area contributed by atoms with Crippen molar-refractivity contribution in [3.8, 4) is 5.75 Å². The first-order chi connectivity index (χ1) is 10.0. The van der Waals surface area contributed by atoms with Crippen LogP contribution in [0.4, 0.5) is 8.78 Å². The van der Waals surface area contributed by atoms with Crippen molar-refractivity contribution in [3.05, 3.63) is 65.2 Å². The molecule has 2 aromatic carbocycles. The van der Waals surface area contributed by atoms with E-state index in [2.05, 4.69) is 5.32 Å². The summed E-state index contributed by atoms with van der Waals surface area (Å²) in [6, 6.07) is 9.80. The molecule has 0 bridgehead atoms. The number of hydrogen-bond donors (Lipinski definition) is 1. The van der Waals surface area contributed by atoms with E-state index in [1.807, 2.05) is 0 Å². The number of halogens is 2. The molecule has 1 N–H and O–H groups in total. The van der Waals surface area contributed by atoms with Gasteiger partial charge in [-0.05, 0) is 42.8 Å². The Bertz CT molecular complexity index is 658. The van der Waals surface area contributed by atoms with Gasteiger partial charge in [-0.25, -0.2) is 8.78 Å². The maximum Gasteiger partial charge on any atom is 0.251 e. The summed E-state index contributed by atoms with van der Waals surface area (Å²) in [6.07, 6.45) is 0. The molecule has 0 saturated heterocycles. The molecule has 1 amide bonds. The second kappa shape index (κ2) is 6.35. The van der Waals surface area contributed by atoms with Crippen molar-refractivity contribution in [1.82, 2.24) is 5.32 Å². The zero-order chi connectivity index (χ0) is 15.4. The standard InChI is InChI=1S/C16H15F2NO2/c1-10(11-6-7-14(17)15(18)9-11)19-16(20)12-4-3-5-13(8-12)21-2/h3-10H,1-2H3,(H,19,20). The molecule has 1 atom stereocenters. The Labute approximate surface area is 121 Å². The summed E-state index contributed by atoms with van der Waals surface area (Å²) in [5.41, 5.74) is 0.925. The third-order valence-corrected chi connectivity index (χ3v) is 3.12. The molecule has 5 heteroatoms. The minimum absolute atomic E-state index is 0.314. The van der Waals surface area contributed by atoms with E-state index < -0.39 is 17.7 Å². The van der Waals surface area contributed by atoms with Gasteiger partial charge >= 0.3 is 0 Å². The Kier molecular flexibility index (Phi) is 4.52. The lowest BCUT2D eigenvalue weighted by Gasteiger charge is -2.15. The third-order valence-electron chi connectivity index (χ3n) is 3.12. The predicted molar refractivity (Wildman–Crippen MR) is 75.2 cm³/mol. The Morgan fingerprint density at radius 2 is 1.90 bits per heavy atom. The van der Waals surface area contributed by atoms with Crippen LogP contribution in [0.3, 0.4) is 0 Å². The summed E-state index contributed by atoms with van der Waals surface area (Å²) < 4.78 is 31.1. The van der Waals surface area contributed by atoms with Gasteiger partial charge < -0.3 is 10.1 Å². The molecule has 0 aliphatic heterocycles. The van der Waals surface area contributed by atoms with Crippen molar-refractivity contribution in [3.63, 3.8) is 0 Å². The molecule has 0 aliphatic carbocycles. The van der Waals surface area contributed by atoms with Gasteiger partial charge in [0.25, 0.3) is 5.91 Å². The number of amides is 1. The monoisotopic (exact) mass is 291 g/mol. The van der Waals surface area contributed by atoms with E-state index in [0.717, 1.165) is 12.1 Å². The van der Waals surface area contributed by atoms with Crippen LogP contribution in [0.1, 0.15) is 28.9 Å². The van der Waals surface area contributed by atoms with Crippen LogP contribution < -0.4 is 10.1 Å². The van der Waals surface area contributed by atoms with Crippen LogP contribution in [0.15, 0.2) is 42.5 Å². The van der Waals surface area contributed by atoms with Crippen molar-refractivity contribution in [1.29, 1.82) is 0 Å². The van der Waals surface area contributed by atoms with Crippen LogP contribution in [-0.4, -0.2) is 13.0 Å². The zero-order valence-corrected chi connectivity index (χ0v) is 11.7. The van der Waals surface area contributed by atoms with Crippen LogP contribution in [0, 0.1) is 11.6 Å². The molecule has 0 radical (unpaired) electrons. The van der Waals surface area contributed by atoms with E-state index >= 15 is 0 Å². The van der Waals surface area contributed by atoms with Gasteiger partial charge in [0, 0.05) is 5.56 Å². The lowest BCUT2D eigenvalue weighted by Crippen LogP contribution is -2.26. The molecule has 110 valence electrons. The molecule has 0 saturated carbocycles. The number of carbonyl (C=O) groups is 1. The zero-order valence-electron chi connectivity index (χ0n) is 11.7. The number of methoxy groups -OCH3 is 1. The second-order valence-electron chi connectivity index (χ2n) is 4.60. The number of ether oxygens (including phenoxy) is 1. The molecule has 0 aliphatic rings. The Morgan fingerprint density at radius 1 is 1.14 bits per heavy atom. The molecular formula is C16H15F2NO2. The summed E-state index contributed by atoms with van der Waals surface area (Å²) in [7, 11) is 1.51. The van der Waals surface area contributed by atoms with E-state index in [4.69, 9.17) is 4.74 Å². The van der Waals surface area contributed by atoms with E-state index in [0.29, 0.717) is 16.9 Å². The fourth-order valence-corrected chi connectivity index (χ4v) is 1.91. The normalized spacial score (nSPS) is 11.8. The molecule has 1 unspecified atom stereocenters. The number of benzene rings is 2. The first kappa shape index (κ1) is 15.0. The van der Waals surface area contributed by atoms with Gasteiger partial charge in [0.2, 0.25) is 0 Å². The van der Waals surface area contributed by atoms with E-state index in [-0.39, 0.29) is 5.91 Å². The molecule has 0 aromatic heterocycles. The quantitative estimate of drug-likeness (QED) is 0.936. The minimum atomic E-state index is -0.935. The molecule has 21 heavy (non-hydrogen) atoms. The van der Waals surface area contributed by atoms with E-state index in [9.17, 15) is 13.6 Å². The van der Waals surface area contributed by atoms with Gasteiger partial charge in [-0.3, -0.25) is 4.79 Å². The Balaban J connectivity index is 2.12. The molecule has 2 aromatic rings. The average molecular weight is 291 g/mol. The molecule has 3 nitrogen and oxygen atoms in total. The van der Waals surface area contributed by atoms with E-state index in [1.165, 1.54) is 13.2 Å². The highest BCUT2D eigenvalue weighted by atomic mass is 19.2. The SMILES string of the molecule is COc1cccc(C(=O)NC(C)c2ccc(F)c(F)c2)c1. The highest BCUT2D eigenvalue weighted by molar-refractivity contribution is 5.94. The van der Waals surface area contributed by atoms with Crippen LogP contribution in [0.5, 0.6) is 5.75 Å². The average Bonchev–Trinajstić information content (AvgIpc) is 2.49. The highest BCUT2D eigenvalue weighted by Gasteiger charge is 2.13. The topological polar surface area (TPSA) is 38.3 Å². The van der Waals surface area contributed by atoms with Gasteiger partial charge in [-0.15, -0.1) is 0 Å². The summed E-state index contributed by atoms with van der Waals surface area (Å²) in [6.45, 7) is 1.70. The van der Waals surface area contributed by atoms with Crippen molar-refractivity contribution in [2.24, 2.45) is 0 Å². The molecule has 2 rings (SSSR count). The predicted octanol–water partition coefficient (Wildman–Crippen LogP) is 3.46. The maximum atomic E-state index is 13.2. The van der Waals surface area contributed by atoms with Crippen molar-refractivity contribution >= 4 is 5.91 Å². The number of carbonyl (C=O) groups excluding carboxylic acids is 1. The largest absolute Gasteiger partial charge is 0.497 e. The first-order valence-corrected chi connectivity index (χ1v) is 6.41. The summed E-state index contributed by atoms with van der Waals surface area (Å²) in [4.78, 5) is 12.1. The van der Waals surface area contributed by atoms with Gasteiger partial charge in [0.15, 0.2) is 11.6 Å². The van der Waals surface area contributed by atoms with Crippen molar-refractivity contribution < 1.29 is 18.3 Å². The van der Waals surface area contributed by atoms with Crippen LogP contribution >= 0.6 is 0 Å². The lowest BCUT2D eigenvalue weighted by atomic mass is 10.1. The minimum Gasteiger partial charge on any atom is -0.497 e. The molecule has 0 fully saturated rings. The Hall–Kier alpha value is -2.43. The second-order valence-corrected chi connectivity index (χ2v) is 4.60. The fraction of sp³-hybridized carbons (Fsp3) is 0.188. The van der Waals surface area contributed by atoms with Crippen LogP contribution in [0.25, 0.3) is 0 Å². The smallest absolute Gasteiger partial charge is 0.251 e. The number of hydrogen-bond acceptors (Lipinski definition) is 2. The fourth-order valence-electron chi connectivity index (χ4n) is 1.91. The van der Waals surface area contributed by atoms with Crippen LogP contribution in [-0.2, 0) is 0 Å². The number of nitrogens with one attached hydrogen (secondary N) is 1. The summed E-state index contributed by atoms with van der Waals surface area (Å²) in [5, 5.41) is 2.73. The lowest BCUT2D eigenvalue weighted by molar-refractivity contribution is 0.0939. The van der Waals surface area contributed by atoms with Gasteiger partial charge in [-0.2, -0.15) is 0 Å². The van der Waals surface area contributed by atoms with Gasteiger partial charge in [-0.1, -0.05) is 12.1 Å². The van der Waals surface area contributed by atoms with Gasteiger partial charge in [0.1, 0.15) is 5.75 Å². The maximum absolute atomic E-state index is 13.2. The summed E-state index contributed by atoms with van der Waals surface area (Å²) >= 11 is 0. The van der Waals surface area contributed by atoms with E-state index in [1.54, 1.807) is 31.2 Å². The van der Waals surface area contributed by atoms with Crippen molar-refractivity contribution in [2.75, 3.05) is 7.11 Å². The summed E-state index contributed by atoms with van der Waals surface area (Å²) in [5.74, 6) is -1.59.